The smallest absolute Gasteiger partial charge is 0.255 e. The minimum atomic E-state index is -0.202. The topological polar surface area (TPSA) is 67.4 Å². The molecule has 25 heavy (non-hydrogen) atoms. The summed E-state index contributed by atoms with van der Waals surface area (Å²) in [6.45, 7) is 4.43. The summed E-state index contributed by atoms with van der Waals surface area (Å²) < 4.78 is 5.38. The van der Waals surface area contributed by atoms with Crippen LogP contribution in [0, 0.1) is 12.8 Å². The number of rotatable bonds is 6. The molecule has 1 saturated carbocycles. The molecule has 0 saturated heterocycles. The Morgan fingerprint density at radius 3 is 2.44 bits per heavy atom. The Morgan fingerprint density at radius 2 is 1.80 bits per heavy atom. The highest BCUT2D eigenvalue weighted by Gasteiger charge is 2.29. The van der Waals surface area contributed by atoms with E-state index in [0.717, 1.165) is 29.8 Å². The van der Waals surface area contributed by atoms with E-state index in [0.29, 0.717) is 17.9 Å². The van der Waals surface area contributed by atoms with Crippen LogP contribution in [0.5, 0.6) is 5.75 Å². The molecule has 0 unspecified atom stereocenters. The fourth-order valence-electron chi connectivity index (χ4n) is 2.49. The molecule has 2 aromatic carbocycles. The second-order valence-electron chi connectivity index (χ2n) is 6.20. The van der Waals surface area contributed by atoms with Gasteiger partial charge in [0.2, 0.25) is 5.91 Å². The number of hydrogen-bond acceptors (Lipinski definition) is 3. The Bertz CT molecular complexity index is 780. The van der Waals surface area contributed by atoms with Gasteiger partial charge >= 0.3 is 0 Å². The Kier molecular flexibility index (Phi) is 5.03. The van der Waals surface area contributed by atoms with Crippen molar-refractivity contribution in [2.75, 3.05) is 17.2 Å². The number of carbonyl (C=O) groups excluding carboxylic acids is 2. The average molecular weight is 338 g/mol. The maximum absolute atomic E-state index is 12.4. The van der Waals surface area contributed by atoms with Crippen molar-refractivity contribution in [3.8, 4) is 5.75 Å². The van der Waals surface area contributed by atoms with E-state index in [4.69, 9.17) is 4.74 Å². The predicted molar refractivity (Wildman–Crippen MR) is 98.1 cm³/mol. The summed E-state index contributed by atoms with van der Waals surface area (Å²) in [5.41, 5.74) is 2.90. The molecule has 0 bridgehead atoms. The molecule has 1 fully saturated rings. The molecule has 0 aromatic heterocycles. The van der Waals surface area contributed by atoms with Gasteiger partial charge in [0.25, 0.3) is 5.91 Å². The fourth-order valence-corrected chi connectivity index (χ4v) is 2.49. The molecule has 2 N–H and O–H groups in total. The molecule has 1 aliphatic carbocycles. The van der Waals surface area contributed by atoms with Gasteiger partial charge in [0.1, 0.15) is 5.75 Å². The third kappa shape index (κ3) is 4.38. The summed E-state index contributed by atoms with van der Waals surface area (Å²) in [5, 5.41) is 5.80. The minimum Gasteiger partial charge on any atom is -0.494 e. The zero-order valence-corrected chi connectivity index (χ0v) is 14.5. The van der Waals surface area contributed by atoms with Crippen LogP contribution in [0.4, 0.5) is 11.4 Å². The zero-order chi connectivity index (χ0) is 17.8. The molecule has 3 rings (SSSR count). The Hall–Kier alpha value is -2.82. The number of carbonyl (C=O) groups is 2. The third-order valence-electron chi connectivity index (χ3n) is 4.13. The largest absolute Gasteiger partial charge is 0.494 e. The second-order valence-corrected chi connectivity index (χ2v) is 6.20. The summed E-state index contributed by atoms with van der Waals surface area (Å²) in [6.07, 6.45) is 1.91. The molecule has 0 radical (unpaired) electrons. The molecular weight excluding hydrogens is 316 g/mol. The summed E-state index contributed by atoms with van der Waals surface area (Å²) in [5.74, 6) is 0.727. The predicted octanol–water partition coefficient (Wildman–Crippen LogP) is 3.99. The van der Waals surface area contributed by atoms with Gasteiger partial charge in [-0.25, -0.2) is 0 Å². The quantitative estimate of drug-likeness (QED) is 0.837. The molecule has 0 aliphatic heterocycles. The van der Waals surface area contributed by atoms with Crippen LogP contribution in [0.25, 0.3) is 0 Å². The normalized spacial score (nSPS) is 13.2. The maximum atomic E-state index is 12.4. The number of benzene rings is 2. The molecule has 2 amide bonds. The minimum absolute atomic E-state index is 0.0538. The molecule has 0 heterocycles. The van der Waals surface area contributed by atoms with Crippen LogP contribution in [0.2, 0.25) is 0 Å². The lowest BCUT2D eigenvalue weighted by atomic mass is 10.1. The van der Waals surface area contributed by atoms with E-state index in [1.807, 2.05) is 26.0 Å². The van der Waals surface area contributed by atoms with Gasteiger partial charge in [-0.2, -0.15) is 0 Å². The summed E-state index contributed by atoms with van der Waals surface area (Å²) in [4.78, 5) is 24.3. The fraction of sp³-hybridized carbons (Fsp3) is 0.300. The third-order valence-corrected chi connectivity index (χ3v) is 4.13. The van der Waals surface area contributed by atoms with E-state index in [-0.39, 0.29) is 17.7 Å². The Morgan fingerprint density at radius 1 is 1.08 bits per heavy atom. The highest BCUT2D eigenvalue weighted by atomic mass is 16.5. The van der Waals surface area contributed by atoms with E-state index >= 15 is 0 Å². The average Bonchev–Trinajstić information content (AvgIpc) is 3.44. The molecule has 5 heteroatoms. The highest BCUT2D eigenvalue weighted by molar-refractivity contribution is 6.05. The van der Waals surface area contributed by atoms with Crippen LogP contribution in [0.3, 0.4) is 0 Å². The van der Waals surface area contributed by atoms with Gasteiger partial charge in [0.05, 0.1) is 6.61 Å². The van der Waals surface area contributed by atoms with E-state index in [9.17, 15) is 9.59 Å². The molecular formula is C20H22N2O3. The molecule has 0 spiro atoms. The van der Waals surface area contributed by atoms with Crippen molar-refractivity contribution < 1.29 is 14.3 Å². The van der Waals surface area contributed by atoms with Crippen LogP contribution < -0.4 is 15.4 Å². The van der Waals surface area contributed by atoms with E-state index < -0.39 is 0 Å². The Labute approximate surface area is 147 Å². The van der Waals surface area contributed by atoms with Gasteiger partial charge in [-0.1, -0.05) is 6.07 Å². The Balaban J connectivity index is 1.68. The number of anilines is 2. The van der Waals surface area contributed by atoms with Crippen LogP contribution in [-0.2, 0) is 4.79 Å². The molecule has 1 aliphatic rings. The SMILES string of the molecule is CCOc1ccc(C(=O)Nc2ccc(C)c(NC(=O)C3CC3)c2)cc1. The van der Waals surface area contributed by atoms with Crippen molar-refractivity contribution in [2.24, 2.45) is 5.92 Å². The lowest BCUT2D eigenvalue weighted by molar-refractivity contribution is -0.117. The molecule has 5 nitrogen and oxygen atoms in total. The van der Waals surface area contributed by atoms with Crippen molar-refractivity contribution in [2.45, 2.75) is 26.7 Å². The number of nitrogens with one attached hydrogen (secondary N) is 2. The summed E-state index contributed by atoms with van der Waals surface area (Å²) in [7, 11) is 0. The lowest BCUT2D eigenvalue weighted by Gasteiger charge is -2.12. The zero-order valence-electron chi connectivity index (χ0n) is 14.5. The van der Waals surface area contributed by atoms with Crippen molar-refractivity contribution in [3.63, 3.8) is 0 Å². The van der Waals surface area contributed by atoms with Crippen LogP contribution in [0.15, 0.2) is 42.5 Å². The summed E-state index contributed by atoms with van der Waals surface area (Å²) >= 11 is 0. The molecule has 130 valence electrons. The first-order chi connectivity index (χ1) is 12.1. The van der Waals surface area contributed by atoms with Crippen molar-refractivity contribution in [1.29, 1.82) is 0 Å². The van der Waals surface area contributed by atoms with Gasteiger partial charge in [-0.15, -0.1) is 0 Å². The second kappa shape index (κ2) is 7.38. The van der Waals surface area contributed by atoms with Crippen LogP contribution in [0.1, 0.15) is 35.7 Å². The standard InChI is InChI=1S/C20H22N2O3/c1-3-25-17-10-7-15(8-11-17)19(23)21-16-9-4-13(2)18(12-16)22-20(24)14-5-6-14/h4,7-12,14H,3,5-6H2,1-2H3,(H,21,23)(H,22,24). The first-order valence-electron chi connectivity index (χ1n) is 8.52. The van der Waals surface area contributed by atoms with E-state index in [2.05, 4.69) is 10.6 Å². The first kappa shape index (κ1) is 17.0. The van der Waals surface area contributed by atoms with Gasteiger partial charge in [-0.3, -0.25) is 9.59 Å². The number of hydrogen-bond donors (Lipinski definition) is 2. The van der Waals surface area contributed by atoms with Gasteiger partial charge in [0.15, 0.2) is 0 Å². The molecule has 0 atom stereocenters. The number of amides is 2. The highest BCUT2D eigenvalue weighted by Crippen LogP contribution is 2.31. The van der Waals surface area contributed by atoms with Crippen LogP contribution >= 0.6 is 0 Å². The monoisotopic (exact) mass is 338 g/mol. The van der Waals surface area contributed by atoms with Crippen LogP contribution in [-0.4, -0.2) is 18.4 Å². The van der Waals surface area contributed by atoms with Crippen molar-refractivity contribution >= 4 is 23.2 Å². The van der Waals surface area contributed by atoms with Crippen molar-refractivity contribution in [1.82, 2.24) is 0 Å². The first-order valence-corrected chi connectivity index (χ1v) is 8.52. The maximum Gasteiger partial charge on any atom is 0.255 e. The van der Waals surface area contributed by atoms with Gasteiger partial charge in [-0.05, 0) is 68.7 Å². The number of aryl methyl sites for hydroxylation is 1. The van der Waals surface area contributed by atoms with Crippen molar-refractivity contribution in [3.05, 3.63) is 53.6 Å². The van der Waals surface area contributed by atoms with E-state index in [1.165, 1.54) is 0 Å². The van der Waals surface area contributed by atoms with Gasteiger partial charge in [0, 0.05) is 22.9 Å². The lowest BCUT2D eigenvalue weighted by Crippen LogP contribution is -2.15. The molecule has 2 aromatic rings. The van der Waals surface area contributed by atoms with E-state index in [1.54, 1.807) is 30.3 Å². The summed E-state index contributed by atoms with van der Waals surface area (Å²) in [6, 6.07) is 12.5. The number of ether oxygens (including phenoxy) is 1. The van der Waals surface area contributed by atoms with Gasteiger partial charge < -0.3 is 15.4 Å².